The molecule has 0 saturated carbocycles. The van der Waals surface area contributed by atoms with Crippen molar-refractivity contribution in [3.63, 3.8) is 0 Å². The highest BCUT2D eigenvalue weighted by Gasteiger charge is 2.12. The Morgan fingerprint density at radius 3 is 2.71 bits per heavy atom. The molecule has 0 amide bonds. The monoisotopic (exact) mass is 233 g/mol. The summed E-state index contributed by atoms with van der Waals surface area (Å²) in [5, 5.41) is 3.45. The van der Waals surface area contributed by atoms with Crippen molar-refractivity contribution in [2.75, 3.05) is 0 Å². The lowest BCUT2D eigenvalue weighted by Crippen LogP contribution is -2.18. The number of H-pyrrole nitrogens is 1. The van der Waals surface area contributed by atoms with E-state index in [0.717, 1.165) is 29.6 Å². The van der Waals surface area contributed by atoms with Gasteiger partial charge in [-0.2, -0.15) is 0 Å². The van der Waals surface area contributed by atoms with E-state index in [1.807, 2.05) is 27.0 Å². The summed E-state index contributed by atoms with van der Waals surface area (Å²) >= 11 is 0. The number of aromatic nitrogens is 2. The van der Waals surface area contributed by atoms with Gasteiger partial charge in [-0.3, -0.25) is 0 Å². The number of aromatic amines is 1. The maximum atomic E-state index is 5.53. The maximum Gasteiger partial charge on any atom is 0.105 e. The lowest BCUT2D eigenvalue weighted by atomic mass is 10.1. The first-order valence-corrected chi connectivity index (χ1v) is 5.87. The molecule has 4 heteroatoms. The molecule has 0 aromatic carbocycles. The maximum absolute atomic E-state index is 5.53. The molecule has 0 fully saturated rings. The number of furan rings is 1. The molecular weight excluding hydrogens is 214 g/mol. The van der Waals surface area contributed by atoms with Crippen LogP contribution >= 0.6 is 0 Å². The first-order chi connectivity index (χ1) is 8.06. The number of hydrogen-bond acceptors (Lipinski definition) is 3. The van der Waals surface area contributed by atoms with Crippen molar-refractivity contribution in [3.8, 4) is 0 Å². The Morgan fingerprint density at radius 2 is 2.18 bits per heavy atom. The van der Waals surface area contributed by atoms with Crippen LogP contribution in [0.2, 0.25) is 0 Å². The zero-order chi connectivity index (χ0) is 12.4. The summed E-state index contributed by atoms with van der Waals surface area (Å²) in [5.74, 6) is 2.90. The standard InChI is InChI=1S/C13H19N3O/c1-8-5-13(10(3)17-8)9(2)14-6-12-7-15-11(4)16-12/h5,7,9,14H,6H2,1-4H3,(H,15,16). The molecule has 0 spiro atoms. The van der Waals surface area contributed by atoms with Crippen LogP contribution in [0, 0.1) is 20.8 Å². The van der Waals surface area contributed by atoms with Crippen LogP contribution in [0.4, 0.5) is 0 Å². The second-order valence-corrected chi connectivity index (χ2v) is 4.47. The average Bonchev–Trinajstić information content (AvgIpc) is 2.81. The second-order valence-electron chi connectivity index (χ2n) is 4.47. The summed E-state index contributed by atoms with van der Waals surface area (Å²) in [6.07, 6.45) is 1.86. The summed E-state index contributed by atoms with van der Waals surface area (Å²) in [6, 6.07) is 2.36. The van der Waals surface area contributed by atoms with E-state index < -0.39 is 0 Å². The molecule has 2 rings (SSSR count). The van der Waals surface area contributed by atoms with Crippen LogP contribution in [-0.4, -0.2) is 9.97 Å². The quantitative estimate of drug-likeness (QED) is 0.853. The molecule has 2 aromatic heterocycles. The van der Waals surface area contributed by atoms with Gasteiger partial charge in [-0.15, -0.1) is 0 Å². The van der Waals surface area contributed by atoms with E-state index in [1.54, 1.807) is 0 Å². The third-order valence-corrected chi connectivity index (χ3v) is 2.90. The average molecular weight is 233 g/mol. The van der Waals surface area contributed by atoms with Gasteiger partial charge in [0.25, 0.3) is 0 Å². The molecule has 0 radical (unpaired) electrons. The molecule has 0 aliphatic heterocycles. The van der Waals surface area contributed by atoms with Gasteiger partial charge in [0.05, 0.1) is 0 Å². The molecule has 0 saturated heterocycles. The van der Waals surface area contributed by atoms with E-state index in [9.17, 15) is 0 Å². The minimum Gasteiger partial charge on any atom is -0.466 e. The topological polar surface area (TPSA) is 53.9 Å². The van der Waals surface area contributed by atoms with Gasteiger partial charge in [-0.1, -0.05) is 0 Å². The minimum absolute atomic E-state index is 0.274. The number of rotatable bonds is 4. The Bertz CT molecular complexity index is 498. The van der Waals surface area contributed by atoms with Crippen molar-refractivity contribution < 1.29 is 4.42 Å². The third-order valence-electron chi connectivity index (χ3n) is 2.90. The second kappa shape index (κ2) is 4.75. The number of nitrogens with zero attached hydrogens (tertiary/aromatic N) is 1. The van der Waals surface area contributed by atoms with Crippen molar-refractivity contribution in [1.82, 2.24) is 15.3 Å². The van der Waals surface area contributed by atoms with E-state index in [4.69, 9.17) is 4.42 Å². The molecule has 2 aromatic rings. The molecular formula is C13H19N3O. The highest BCUT2D eigenvalue weighted by Crippen LogP contribution is 2.21. The Labute approximate surface area is 101 Å². The van der Waals surface area contributed by atoms with E-state index in [1.165, 1.54) is 5.56 Å². The van der Waals surface area contributed by atoms with Crippen molar-refractivity contribution in [2.45, 2.75) is 40.3 Å². The highest BCUT2D eigenvalue weighted by atomic mass is 16.3. The third kappa shape index (κ3) is 2.77. The summed E-state index contributed by atoms with van der Waals surface area (Å²) in [6.45, 7) is 8.85. The molecule has 2 N–H and O–H groups in total. The molecule has 1 unspecified atom stereocenters. The molecule has 2 heterocycles. The number of aryl methyl sites for hydroxylation is 3. The zero-order valence-corrected chi connectivity index (χ0v) is 10.8. The van der Waals surface area contributed by atoms with E-state index in [-0.39, 0.29) is 6.04 Å². The molecule has 0 aliphatic carbocycles. The molecule has 4 nitrogen and oxygen atoms in total. The van der Waals surface area contributed by atoms with Gasteiger partial charge in [-0.05, 0) is 33.8 Å². The van der Waals surface area contributed by atoms with E-state index in [0.29, 0.717) is 0 Å². The molecule has 92 valence electrons. The lowest BCUT2D eigenvalue weighted by Gasteiger charge is -2.12. The SMILES string of the molecule is Cc1ncc(CNC(C)c2cc(C)oc2C)[nH]1. The predicted octanol–water partition coefficient (Wildman–Crippen LogP) is 2.78. The number of nitrogens with one attached hydrogen (secondary N) is 2. The van der Waals surface area contributed by atoms with Crippen LogP contribution in [0.1, 0.15) is 41.6 Å². The molecule has 1 atom stereocenters. The van der Waals surface area contributed by atoms with Gasteiger partial charge in [0.2, 0.25) is 0 Å². The van der Waals surface area contributed by atoms with Crippen LogP contribution in [-0.2, 0) is 6.54 Å². The zero-order valence-electron chi connectivity index (χ0n) is 10.8. The van der Waals surface area contributed by atoms with Crippen molar-refractivity contribution in [2.24, 2.45) is 0 Å². The van der Waals surface area contributed by atoms with Gasteiger partial charge in [0, 0.05) is 30.0 Å². The Morgan fingerprint density at radius 1 is 1.41 bits per heavy atom. The van der Waals surface area contributed by atoms with Crippen LogP contribution in [0.25, 0.3) is 0 Å². The van der Waals surface area contributed by atoms with Gasteiger partial charge >= 0.3 is 0 Å². The molecule has 0 aliphatic rings. The Hall–Kier alpha value is -1.55. The summed E-state index contributed by atoms with van der Waals surface area (Å²) < 4.78 is 5.53. The fourth-order valence-electron chi connectivity index (χ4n) is 2.01. The first-order valence-electron chi connectivity index (χ1n) is 5.87. The largest absolute Gasteiger partial charge is 0.466 e. The van der Waals surface area contributed by atoms with Crippen LogP contribution in [0.15, 0.2) is 16.7 Å². The van der Waals surface area contributed by atoms with Crippen molar-refractivity contribution in [1.29, 1.82) is 0 Å². The Kier molecular flexibility index (Phi) is 3.33. The lowest BCUT2D eigenvalue weighted by molar-refractivity contribution is 0.489. The van der Waals surface area contributed by atoms with Crippen LogP contribution in [0.5, 0.6) is 0 Å². The minimum atomic E-state index is 0.274. The van der Waals surface area contributed by atoms with Gasteiger partial charge in [-0.25, -0.2) is 4.98 Å². The van der Waals surface area contributed by atoms with Gasteiger partial charge in [0.15, 0.2) is 0 Å². The van der Waals surface area contributed by atoms with Crippen LogP contribution in [0.3, 0.4) is 0 Å². The fourth-order valence-corrected chi connectivity index (χ4v) is 2.01. The Balaban J connectivity index is 1.97. The first kappa shape index (κ1) is 11.9. The number of imidazole rings is 1. The predicted molar refractivity (Wildman–Crippen MR) is 66.8 cm³/mol. The number of hydrogen-bond donors (Lipinski definition) is 2. The fraction of sp³-hybridized carbons (Fsp3) is 0.462. The summed E-state index contributed by atoms with van der Waals surface area (Å²) in [5.41, 5.74) is 2.32. The smallest absolute Gasteiger partial charge is 0.105 e. The van der Waals surface area contributed by atoms with Gasteiger partial charge in [0.1, 0.15) is 17.3 Å². The highest BCUT2D eigenvalue weighted by molar-refractivity contribution is 5.23. The molecule has 17 heavy (non-hydrogen) atoms. The van der Waals surface area contributed by atoms with Crippen molar-refractivity contribution >= 4 is 0 Å². The summed E-state index contributed by atoms with van der Waals surface area (Å²) in [7, 11) is 0. The van der Waals surface area contributed by atoms with Crippen molar-refractivity contribution in [3.05, 3.63) is 40.9 Å². The summed E-state index contributed by atoms with van der Waals surface area (Å²) in [4.78, 5) is 7.38. The van der Waals surface area contributed by atoms with E-state index in [2.05, 4.69) is 28.3 Å². The van der Waals surface area contributed by atoms with E-state index >= 15 is 0 Å². The normalized spacial score (nSPS) is 12.9. The van der Waals surface area contributed by atoms with Gasteiger partial charge < -0.3 is 14.7 Å². The molecule has 0 bridgehead atoms. The van der Waals surface area contributed by atoms with Crippen LogP contribution < -0.4 is 5.32 Å².